The molecule has 7 heteroatoms. The summed E-state index contributed by atoms with van der Waals surface area (Å²) in [6, 6.07) is 9.85. The van der Waals surface area contributed by atoms with Gasteiger partial charge in [-0.2, -0.15) is 0 Å². The molecule has 2 aromatic rings. The molecule has 0 heterocycles. The van der Waals surface area contributed by atoms with E-state index < -0.39 is 24.2 Å². The van der Waals surface area contributed by atoms with Gasteiger partial charge in [-0.3, -0.25) is 9.59 Å². The summed E-state index contributed by atoms with van der Waals surface area (Å²) < 4.78 is 18.5. The predicted molar refractivity (Wildman–Crippen MR) is 94.1 cm³/mol. The van der Waals surface area contributed by atoms with Gasteiger partial charge in [0.1, 0.15) is 5.82 Å². The third kappa shape index (κ3) is 5.22. The Hall–Kier alpha value is -2.54. The molecule has 2 rings (SSSR count). The number of ketones is 1. The van der Waals surface area contributed by atoms with Gasteiger partial charge in [0, 0.05) is 22.1 Å². The SMILES string of the molecule is CCC(=O)Nc1ccc(C(=O)COC(=O)c2cc(F)ccc2Br)cc1. The lowest BCUT2D eigenvalue weighted by atomic mass is 10.1. The number of carbonyl (C=O) groups excluding carboxylic acids is 3. The van der Waals surface area contributed by atoms with Gasteiger partial charge in [0.2, 0.25) is 5.91 Å². The maximum atomic E-state index is 13.2. The van der Waals surface area contributed by atoms with Gasteiger partial charge in [-0.25, -0.2) is 9.18 Å². The highest BCUT2D eigenvalue weighted by Crippen LogP contribution is 2.19. The number of benzene rings is 2. The van der Waals surface area contributed by atoms with Crippen LogP contribution in [-0.2, 0) is 9.53 Å². The zero-order valence-corrected chi connectivity index (χ0v) is 14.9. The summed E-state index contributed by atoms with van der Waals surface area (Å²) in [6.45, 7) is 1.26. The normalized spacial score (nSPS) is 10.2. The van der Waals surface area contributed by atoms with Crippen LogP contribution in [0.3, 0.4) is 0 Å². The van der Waals surface area contributed by atoms with E-state index >= 15 is 0 Å². The van der Waals surface area contributed by atoms with Crippen LogP contribution in [0.5, 0.6) is 0 Å². The molecule has 0 saturated heterocycles. The Kier molecular flexibility index (Phi) is 6.41. The number of anilines is 1. The van der Waals surface area contributed by atoms with Crippen molar-refractivity contribution in [2.45, 2.75) is 13.3 Å². The van der Waals surface area contributed by atoms with E-state index in [9.17, 15) is 18.8 Å². The standard InChI is InChI=1S/C18H15BrFNO4/c1-2-17(23)21-13-6-3-11(4-7-13)16(22)10-25-18(24)14-9-12(20)5-8-15(14)19/h3-9H,2,10H2,1H3,(H,21,23). The number of amides is 1. The summed E-state index contributed by atoms with van der Waals surface area (Å²) in [5.74, 6) is -1.92. The second kappa shape index (κ2) is 8.53. The molecule has 0 saturated carbocycles. The average Bonchev–Trinajstić information content (AvgIpc) is 2.61. The molecule has 0 aliphatic rings. The van der Waals surface area contributed by atoms with Crippen molar-refractivity contribution in [3.05, 3.63) is 63.9 Å². The average molecular weight is 408 g/mol. The van der Waals surface area contributed by atoms with E-state index in [2.05, 4.69) is 21.2 Å². The van der Waals surface area contributed by atoms with Gasteiger partial charge in [-0.05, 0) is 58.4 Å². The molecule has 0 bridgehead atoms. The Morgan fingerprint density at radius 3 is 2.44 bits per heavy atom. The minimum absolute atomic E-state index is 0.00502. The number of esters is 1. The number of hydrogen-bond donors (Lipinski definition) is 1. The van der Waals surface area contributed by atoms with Crippen LogP contribution >= 0.6 is 15.9 Å². The number of rotatable bonds is 6. The van der Waals surface area contributed by atoms with Crippen molar-refractivity contribution in [3.63, 3.8) is 0 Å². The lowest BCUT2D eigenvalue weighted by Gasteiger charge is -2.07. The Morgan fingerprint density at radius 2 is 1.80 bits per heavy atom. The molecule has 5 nitrogen and oxygen atoms in total. The van der Waals surface area contributed by atoms with Crippen LogP contribution in [0.4, 0.5) is 10.1 Å². The van der Waals surface area contributed by atoms with Crippen LogP contribution in [0, 0.1) is 5.82 Å². The van der Waals surface area contributed by atoms with E-state index in [-0.39, 0.29) is 11.5 Å². The molecule has 0 atom stereocenters. The summed E-state index contributed by atoms with van der Waals surface area (Å²) in [4.78, 5) is 35.3. The van der Waals surface area contributed by atoms with E-state index in [1.807, 2.05) is 0 Å². The van der Waals surface area contributed by atoms with E-state index in [1.165, 1.54) is 24.3 Å². The summed E-state index contributed by atoms with van der Waals surface area (Å²) in [6.07, 6.45) is 0.353. The van der Waals surface area contributed by atoms with Crippen molar-refractivity contribution in [2.24, 2.45) is 0 Å². The Morgan fingerprint density at radius 1 is 1.12 bits per heavy atom. The molecule has 0 aliphatic carbocycles. The lowest BCUT2D eigenvalue weighted by Crippen LogP contribution is -2.15. The first-order valence-electron chi connectivity index (χ1n) is 7.46. The van der Waals surface area contributed by atoms with E-state index in [0.29, 0.717) is 22.1 Å². The zero-order chi connectivity index (χ0) is 18.4. The van der Waals surface area contributed by atoms with Crippen molar-refractivity contribution in [3.8, 4) is 0 Å². The molecule has 130 valence electrons. The summed E-state index contributed by atoms with van der Waals surface area (Å²) >= 11 is 3.13. The van der Waals surface area contributed by atoms with Crippen molar-refractivity contribution >= 4 is 39.3 Å². The monoisotopic (exact) mass is 407 g/mol. The maximum absolute atomic E-state index is 13.2. The first-order valence-corrected chi connectivity index (χ1v) is 8.25. The Balaban J connectivity index is 1.96. The van der Waals surface area contributed by atoms with Gasteiger partial charge in [0.15, 0.2) is 12.4 Å². The molecule has 0 spiro atoms. The van der Waals surface area contributed by atoms with E-state index in [4.69, 9.17) is 4.74 Å². The number of ether oxygens (including phenoxy) is 1. The smallest absolute Gasteiger partial charge is 0.339 e. The molecule has 0 aromatic heterocycles. The number of Topliss-reactive ketones (excluding diaryl/α,β-unsaturated/α-hetero) is 1. The minimum atomic E-state index is -0.799. The quantitative estimate of drug-likeness (QED) is 0.580. The van der Waals surface area contributed by atoms with Gasteiger partial charge < -0.3 is 10.1 Å². The molecule has 0 fully saturated rings. The van der Waals surface area contributed by atoms with Crippen molar-refractivity contribution in [1.29, 1.82) is 0 Å². The summed E-state index contributed by atoms with van der Waals surface area (Å²) in [5, 5.41) is 2.66. The summed E-state index contributed by atoms with van der Waals surface area (Å²) in [5.41, 5.74) is 0.912. The highest BCUT2D eigenvalue weighted by atomic mass is 79.9. The number of halogens is 2. The van der Waals surface area contributed by atoms with Crippen molar-refractivity contribution < 1.29 is 23.5 Å². The molecule has 25 heavy (non-hydrogen) atoms. The van der Waals surface area contributed by atoms with Gasteiger partial charge in [0.05, 0.1) is 5.56 Å². The van der Waals surface area contributed by atoms with Crippen LogP contribution in [0.15, 0.2) is 46.9 Å². The third-order valence-electron chi connectivity index (χ3n) is 3.29. The number of nitrogens with one attached hydrogen (secondary N) is 1. The third-order valence-corrected chi connectivity index (χ3v) is 3.99. The number of hydrogen-bond acceptors (Lipinski definition) is 4. The van der Waals surface area contributed by atoms with Gasteiger partial charge in [-0.1, -0.05) is 6.92 Å². The van der Waals surface area contributed by atoms with Crippen LogP contribution in [0.25, 0.3) is 0 Å². The van der Waals surface area contributed by atoms with E-state index in [1.54, 1.807) is 19.1 Å². The van der Waals surface area contributed by atoms with Crippen LogP contribution in [-0.4, -0.2) is 24.3 Å². The fourth-order valence-electron chi connectivity index (χ4n) is 1.93. The summed E-state index contributed by atoms with van der Waals surface area (Å²) in [7, 11) is 0. The molecular weight excluding hydrogens is 393 g/mol. The second-order valence-corrected chi connectivity index (χ2v) is 5.96. The van der Waals surface area contributed by atoms with Crippen molar-refractivity contribution in [1.82, 2.24) is 0 Å². The van der Waals surface area contributed by atoms with E-state index in [0.717, 1.165) is 6.07 Å². The maximum Gasteiger partial charge on any atom is 0.339 e. The number of carbonyl (C=O) groups is 3. The molecule has 1 N–H and O–H groups in total. The van der Waals surface area contributed by atoms with Crippen molar-refractivity contribution in [2.75, 3.05) is 11.9 Å². The Bertz CT molecular complexity index is 805. The fraction of sp³-hybridized carbons (Fsp3) is 0.167. The first kappa shape index (κ1) is 18.8. The van der Waals surface area contributed by atoms with Gasteiger partial charge in [-0.15, -0.1) is 0 Å². The van der Waals surface area contributed by atoms with Crippen LogP contribution in [0.2, 0.25) is 0 Å². The molecule has 0 aliphatic heterocycles. The molecule has 2 aromatic carbocycles. The fourth-order valence-corrected chi connectivity index (χ4v) is 2.34. The van der Waals surface area contributed by atoms with Crippen LogP contribution in [0.1, 0.15) is 34.1 Å². The predicted octanol–water partition coefficient (Wildman–Crippen LogP) is 3.98. The molecular formula is C18H15BrFNO4. The highest BCUT2D eigenvalue weighted by Gasteiger charge is 2.15. The molecule has 0 unspecified atom stereocenters. The Labute approximate surface area is 152 Å². The largest absolute Gasteiger partial charge is 0.454 e. The minimum Gasteiger partial charge on any atom is -0.454 e. The second-order valence-electron chi connectivity index (χ2n) is 5.10. The highest BCUT2D eigenvalue weighted by molar-refractivity contribution is 9.10. The van der Waals surface area contributed by atoms with Gasteiger partial charge in [0.25, 0.3) is 0 Å². The zero-order valence-electron chi connectivity index (χ0n) is 13.3. The van der Waals surface area contributed by atoms with Crippen LogP contribution < -0.4 is 5.32 Å². The van der Waals surface area contributed by atoms with Gasteiger partial charge >= 0.3 is 5.97 Å². The molecule has 0 radical (unpaired) electrons. The first-order chi connectivity index (χ1) is 11.9. The molecule has 1 amide bonds. The lowest BCUT2D eigenvalue weighted by molar-refractivity contribution is -0.115. The topological polar surface area (TPSA) is 72.5 Å².